The second kappa shape index (κ2) is 2.84. The minimum atomic E-state index is -0.0846. The molecule has 1 rings (SSSR count). The minimum Gasteiger partial charge on any atom is -0.202 e. The average molecular weight is 125 g/mol. The molecule has 0 bridgehead atoms. The molecule has 1 radical (unpaired) electrons. The number of rotatable bonds is 2. The first-order valence-corrected chi connectivity index (χ1v) is 3.24. The Morgan fingerprint density at radius 3 is 2.89 bits per heavy atom. The zero-order valence-electron chi connectivity index (χ0n) is 5.36. The van der Waals surface area contributed by atoms with Crippen LogP contribution in [0.15, 0.2) is 17.6 Å². The summed E-state index contributed by atoms with van der Waals surface area (Å²) in [5.41, 5.74) is 2.56. The number of hydrogen-bond donors (Lipinski definition) is 0. The first-order chi connectivity index (χ1) is 4.34. The predicted octanol–water partition coefficient (Wildman–Crippen LogP) is 2.63. The van der Waals surface area contributed by atoms with Gasteiger partial charge in [-0.2, -0.15) is 0 Å². The Labute approximate surface area is 55.1 Å². The molecule has 0 aliphatic heterocycles. The van der Waals surface area contributed by atoms with Crippen LogP contribution in [0.4, 0.5) is 4.39 Å². The Morgan fingerprint density at radius 2 is 2.44 bits per heavy atom. The molecular weight excluding hydrogens is 115 g/mol. The van der Waals surface area contributed by atoms with Crippen molar-refractivity contribution < 1.29 is 4.39 Å². The van der Waals surface area contributed by atoms with Crippen LogP contribution in [0.2, 0.25) is 0 Å². The molecule has 1 fully saturated rings. The van der Waals surface area contributed by atoms with Crippen molar-refractivity contribution in [3.05, 3.63) is 24.6 Å². The topological polar surface area (TPSA) is 0 Å². The van der Waals surface area contributed by atoms with Gasteiger partial charge in [-0.1, -0.05) is 5.73 Å². The summed E-state index contributed by atoms with van der Waals surface area (Å²) in [7, 11) is 0. The lowest BCUT2D eigenvalue weighted by Gasteiger charge is -1.81. The second-order valence-electron chi connectivity index (χ2n) is 2.26. The summed E-state index contributed by atoms with van der Waals surface area (Å²) in [6, 6.07) is 0. The molecule has 1 saturated carbocycles. The van der Waals surface area contributed by atoms with Crippen molar-refractivity contribution >= 4 is 0 Å². The maximum absolute atomic E-state index is 12.5. The fourth-order valence-corrected chi connectivity index (χ4v) is 0.624. The van der Waals surface area contributed by atoms with Crippen LogP contribution in [-0.2, 0) is 0 Å². The van der Waals surface area contributed by atoms with Gasteiger partial charge in [0.1, 0.15) is 5.83 Å². The predicted molar refractivity (Wildman–Crippen MR) is 35.4 cm³/mol. The third-order valence-corrected chi connectivity index (χ3v) is 1.32. The van der Waals surface area contributed by atoms with Crippen LogP contribution in [-0.4, -0.2) is 0 Å². The van der Waals surface area contributed by atoms with Crippen LogP contribution in [0.1, 0.15) is 19.3 Å². The molecule has 0 atom stereocenters. The van der Waals surface area contributed by atoms with E-state index in [4.69, 9.17) is 0 Å². The molecule has 49 valence electrons. The van der Waals surface area contributed by atoms with Crippen LogP contribution >= 0.6 is 0 Å². The van der Waals surface area contributed by atoms with Gasteiger partial charge in [0.2, 0.25) is 0 Å². The van der Waals surface area contributed by atoms with Crippen molar-refractivity contribution in [1.82, 2.24) is 0 Å². The molecule has 0 aromatic heterocycles. The Bertz CT molecular complexity index is 148. The Balaban J connectivity index is 2.46. The largest absolute Gasteiger partial charge is 0.202 e. The fraction of sp³-hybridized carbons (Fsp3) is 0.500. The van der Waals surface area contributed by atoms with E-state index in [-0.39, 0.29) is 11.7 Å². The summed E-state index contributed by atoms with van der Waals surface area (Å²) in [5, 5.41) is 0. The van der Waals surface area contributed by atoms with Crippen molar-refractivity contribution in [3.63, 3.8) is 0 Å². The molecule has 0 N–H and O–H groups in total. The molecule has 1 aliphatic carbocycles. The lowest BCUT2D eigenvalue weighted by atomic mass is 10.3. The summed E-state index contributed by atoms with van der Waals surface area (Å²) in [6.45, 7) is 3.54. The summed E-state index contributed by atoms with van der Waals surface area (Å²) >= 11 is 0. The molecule has 0 amide bonds. The molecule has 0 aromatic rings. The molecule has 0 nitrogen and oxygen atoms in total. The summed E-state index contributed by atoms with van der Waals surface area (Å²) in [5.74, 6) is 0.117. The van der Waals surface area contributed by atoms with E-state index in [0.29, 0.717) is 6.42 Å². The zero-order valence-corrected chi connectivity index (χ0v) is 5.36. The third kappa shape index (κ3) is 2.03. The van der Waals surface area contributed by atoms with Gasteiger partial charge in [-0.05, 0) is 32.3 Å². The van der Waals surface area contributed by atoms with Gasteiger partial charge < -0.3 is 0 Å². The molecule has 1 heteroatoms. The van der Waals surface area contributed by atoms with Crippen molar-refractivity contribution in [2.45, 2.75) is 19.3 Å². The Hall–Kier alpha value is -0.550. The molecule has 9 heavy (non-hydrogen) atoms. The fourth-order valence-electron chi connectivity index (χ4n) is 0.624. The maximum Gasteiger partial charge on any atom is 0.145 e. The van der Waals surface area contributed by atoms with Gasteiger partial charge >= 0.3 is 0 Å². The van der Waals surface area contributed by atoms with E-state index in [0.717, 1.165) is 12.8 Å². The van der Waals surface area contributed by atoms with Crippen molar-refractivity contribution in [3.8, 4) is 0 Å². The zero-order chi connectivity index (χ0) is 6.69. The van der Waals surface area contributed by atoms with Gasteiger partial charge in [0, 0.05) is 5.92 Å². The number of halogens is 1. The third-order valence-electron chi connectivity index (χ3n) is 1.32. The van der Waals surface area contributed by atoms with E-state index in [1.54, 1.807) is 6.08 Å². The van der Waals surface area contributed by atoms with Crippen molar-refractivity contribution in [2.75, 3.05) is 0 Å². The lowest BCUT2D eigenvalue weighted by Crippen LogP contribution is -1.69. The van der Waals surface area contributed by atoms with Gasteiger partial charge in [-0.15, -0.1) is 0 Å². The molecule has 0 spiro atoms. The highest BCUT2D eigenvalue weighted by atomic mass is 19.1. The van der Waals surface area contributed by atoms with Crippen LogP contribution in [0.25, 0.3) is 0 Å². The molecule has 0 heterocycles. The van der Waals surface area contributed by atoms with E-state index in [9.17, 15) is 4.39 Å². The van der Waals surface area contributed by atoms with E-state index in [2.05, 4.69) is 12.7 Å². The molecule has 0 aromatic carbocycles. The van der Waals surface area contributed by atoms with Crippen molar-refractivity contribution in [2.24, 2.45) is 5.92 Å². The van der Waals surface area contributed by atoms with Gasteiger partial charge in [0.05, 0.1) is 0 Å². The summed E-state index contributed by atoms with van der Waals surface area (Å²) < 4.78 is 12.5. The minimum absolute atomic E-state index is 0.0846. The van der Waals surface area contributed by atoms with E-state index in [1.807, 2.05) is 0 Å². The highest BCUT2D eigenvalue weighted by Gasteiger charge is 2.25. The normalized spacial score (nSPS) is 16.7. The van der Waals surface area contributed by atoms with E-state index < -0.39 is 0 Å². The molecule has 0 saturated heterocycles. The van der Waals surface area contributed by atoms with Gasteiger partial charge in [-0.3, -0.25) is 0 Å². The lowest BCUT2D eigenvalue weighted by molar-refractivity contribution is 0.580. The number of hydrogen-bond acceptors (Lipinski definition) is 0. The van der Waals surface area contributed by atoms with Crippen LogP contribution in [0.5, 0.6) is 0 Å². The highest BCUT2D eigenvalue weighted by molar-refractivity contribution is 5.04. The summed E-state index contributed by atoms with van der Waals surface area (Å²) in [4.78, 5) is 0. The van der Waals surface area contributed by atoms with Crippen LogP contribution < -0.4 is 0 Å². The SMILES string of the molecule is [CH2]CC=C=C(F)C1CC1. The monoisotopic (exact) mass is 125 g/mol. The quantitative estimate of drug-likeness (QED) is 0.498. The van der Waals surface area contributed by atoms with E-state index in [1.165, 1.54) is 0 Å². The van der Waals surface area contributed by atoms with Gasteiger partial charge in [0.15, 0.2) is 0 Å². The summed E-state index contributed by atoms with van der Waals surface area (Å²) in [6.07, 6.45) is 4.27. The molecule has 0 unspecified atom stereocenters. The average Bonchev–Trinajstić information content (AvgIpc) is 2.63. The van der Waals surface area contributed by atoms with E-state index >= 15 is 0 Å². The van der Waals surface area contributed by atoms with Crippen molar-refractivity contribution in [1.29, 1.82) is 0 Å². The van der Waals surface area contributed by atoms with Gasteiger partial charge in [-0.25, -0.2) is 4.39 Å². The maximum atomic E-state index is 12.5. The first kappa shape index (κ1) is 6.57. The van der Waals surface area contributed by atoms with Crippen LogP contribution in [0, 0.1) is 12.8 Å². The highest BCUT2D eigenvalue weighted by Crippen LogP contribution is 2.36. The Kier molecular flexibility index (Phi) is 2.07. The standard InChI is InChI=1S/C8H10F/c1-2-3-4-8(9)7-5-6-7/h3,7H,1-2,5-6H2. The Morgan fingerprint density at radius 1 is 1.78 bits per heavy atom. The second-order valence-corrected chi connectivity index (χ2v) is 2.26. The number of allylic oxidation sites excluding steroid dienone is 1. The smallest absolute Gasteiger partial charge is 0.145 e. The molecule has 1 aliphatic rings. The van der Waals surface area contributed by atoms with Crippen LogP contribution in [0.3, 0.4) is 0 Å². The first-order valence-electron chi connectivity index (χ1n) is 3.24. The van der Waals surface area contributed by atoms with Gasteiger partial charge in [0.25, 0.3) is 0 Å². The molecular formula is C8H10F.